The van der Waals surface area contributed by atoms with Gasteiger partial charge in [0.2, 0.25) is 0 Å². The van der Waals surface area contributed by atoms with Gasteiger partial charge in [0.05, 0.1) is 0 Å². The Kier molecular flexibility index (Phi) is 3.89. The zero-order chi connectivity index (χ0) is 15.8. The van der Waals surface area contributed by atoms with E-state index in [0.717, 1.165) is 18.7 Å². The van der Waals surface area contributed by atoms with Crippen molar-refractivity contribution in [2.75, 3.05) is 26.2 Å². The lowest BCUT2D eigenvalue weighted by Gasteiger charge is -2.44. The van der Waals surface area contributed by atoms with Gasteiger partial charge in [-0.2, -0.15) is 0 Å². The molecule has 2 bridgehead atoms. The summed E-state index contributed by atoms with van der Waals surface area (Å²) in [5, 5.41) is 3.22. The maximum atomic E-state index is 12.6. The highest BCUT2D eigenvalue weighted by Crippen LogP contribution is 2.33. The van der Waals surface area contributed by atoms with Gasteiger partial charge in [0.25, 0.3) is 5.91 Å². The first-order valence-corrected chi connectivity index (χ1v) is 8.69. The van der Waals surface area contributed by atoms with Crippen molar-refractivity contribution in [2.45, 2.75) is 38.3 Å². The molecule has 1 aromatic rings. The van der Waals surface area contributed by atoms with Gasteiger partial charge in [-0.1, -0.05) is 6.92 Å². The standard InChI is InChI=1S/C18H24N2O3/c1-2-14-11-22-17-9-13(3-4-16(17)23-14)18(21)19-15-10-20-7-5-12(15)6-8-20/h3-4,9,12,14-15H,2,5-8,10-11H2,1H3,(H,19,21). The Balaban J connectivity index is 1.45. The minimum Gasteiger partial charge on any atom is -0.486 e. The van der Waals surface area contributed by atoms with Crippen LogP contribution in [0.5, 0.6) is 11.5 Å². The molecular weight excluding hydrogens is 292 g/mol. The molecule has 4 heterocycles. The smallest absolute Gasteiger partial charge is 0.251 e. The average Bonchev–Trinajstić information content (AvgIpc) is 2.61. The van der Waals surface area contributed by atoms with Crippen molar-refractivity contribution in [3.05, 3.63) is 23.8 Å². The number of nitrogens with one attached hydrogen (secondary N) is 1. The molecule has 1 aromatic carbocycles. The SMILES string of the molecule is CCC1COc2cc(C(=O)NC3CN4CCC3CC4)ccc2O1. The van der Waals surface area contributed by atoms with Gasteiger partial charge in [-0.3, -0.25) is 4.79 Å². The van der Waals surface area contributed by atoms with Crippen molar-refractivity contribution in [2.24, 2.45) is 5.92 Å². The van der Waals surface area contributed by atoms with Gasteiger partial charge in [0, 0.05) is 18.2 Å². The number of carbonyl (C=O) groups is 1. The zero-order valence-corrected chi connectivity index (χ0v) is 13.6. The molecule has 3 saturated heterocycles. The quantitative estimate of drug-likeness (QED) is 0.927. The molecule has 5 heteroatoms. The van der Waals surface area contributed by atoms with Crippen molar-refractivity contribution < 1.29 is 14.3 Å². The fourth-order valence-corrected chi connectivity index (χ4v) is 3.84. The average molecular weight is 316 g/mol. The molecule has 5 nitrogen and oxygen atoms in total. The lowest BCUT2D eigenvalue weighted by Crippen LogP contribution is -2.57. The first kappa shape index (κ1) is 14.8. The van der Waals surface area contributed by atoms with Gasteiger partial charge in [0.1, 0.15) is 12.7 Å². The van der Waals surface area contributed by atoms with Crippen molar-refractivity contribution >= 4 is 5.91 Å². The van der Waals surface area contributed by atoms with Crippen LogP contribution in [0.25, 0.3) is 0 Å². The van der Waals surface area contributed by atoms with Gasteiger partial charge < -0.3 is 19.7 Å². The molecule has 1 amide bonds. The fourth-order valence-electron chi connectivity index (χ4n) is 3.84. The normalized spacial score (nSPS) is 31.7. The third-order valence-electron chi connectivity index (χ3n) is 5.35. The van der Waals surface area contributed by atoms with Gasteiger partial charge in [-0.05, 0) is 56.5 Å². The summed E-state index contributed by atoms with van der Waals surface area (Å²) in [4.78, 5) is 15.0. The van der Waals surface area contributed by atoms with E-state index in [1.807, 2.05) is 12.1 Å². The van der Waals surface area contributed by atoms with Crippen LogP contribution < -0.4 is 14.8 Å². The van der Waals surface area contributed by atoms with Gasteiger partial charge >= 0.3 is 0 Å². The van der Waals surface area contributed by atoms with Crippen molar-refractivity contribution in [1.29, 1.82) is 0 Å². The summed E-state index contributed by atoms with van der Waals surface area (Å²) < 4.78 is 11.6. The first-order chi connectivity index (χ1) is 11.2. The Hall–Kier alpha value is -1.75. The number of hydrogen-bond acceptors (Lipinski definition) is 4. The maximum absolute atomic E-state index is 12.6. The number of ether oxygens (including phenoxy) is 2. The number of hydrogen-bond donors (Lipinski definition) is 1. The number of fused-ring (bicyclic) bond motifs is 4. The molecule has 5 rings (SSSR count). The second-order valence-corrected chi connectivity index (χ2v) is 6.84. The van der Waals surface area contributed by atoms with E-state index < -0.39 is 0 Å². The maximum Gasteiger partial charge on any atom is 0.251 e. The summed E-state index contributed by atoms with van der Waals surface area (Å²) in [6.45, 7) is 5.97. The zero-order valence-electron chi connectivity index (χ0n) is 13.6. The van der Waals surface area contributed by atoms with Crippen molar-refractivity contribution in [3.63, 3.8) is 0 Å². The summed E-state index contributed by atoms with van der Waals surface area (Å²) in [5.74, 6) is 2.04. The molecule has 2 atom stereocenters. The number of nitrogens with zero attached hydrogens (tertiary/aromatic N) is 1. The second kappa shape index (κ2) is 6.04. The Bertz CT molecular complexity index is 596. The molecule has 1 N–H and O–H groups in total. The molecule has 0 aliphatic carbocycles. The Morgan fingerprint density at radius 2 is 2.13 bits per heavy atom. The monoisotopic (exact) mass is 316 g/mol. The molecule has 0 saturated carbocycles. The molecule has 0 aromatic heterocycles. The van der Waals surface area contributed by atoms with Crippen LogP contribution in [0.1, 0.15) is 36.5 Å². The molecule has 0 spiro atoms. The lowest BCUT2D eigenvalue weighted by atomic mass is 9.84. The summed E-state index contributed by atoms with van der Waals surface area (Å²) in [7, 11) is 0. The molecule has 4 aliphatic rings. The van der Waals surface area contributed by atoms with E-state index in [1.54, 1.807) is 6.07 Å². The van der Waals surface area contributed by atoms with Crippen LogP contribution in [-0.4, -0.2) is 49.2 Å². The van der Waals surface area contributed by atoms with Gasteiger partial charge in [-0.25, -0.2) is 0 Å². The van der Waals surface area contributed by atoms with E-state index in [9.17, 15) is 4.79 Å². The second-order valence-electron chi connectivity index (χ2n) is 6.84. The number of amides is 1. The van der Waals surface area contributed by atoms with Crippen LogP contribution in [-0.2, 0) is 0 Å². The Labute approximate surface area is 136 Å². The topological polar surface area (TPSA) is 50.8 Å². The minimum absolute atomic E-state index is 0.00670. The minimum atomic E-state index is -0.00670. The fraction of sp³-hybridized carbons (Fsp3) is 0.611. The highest BCUT2D eigenvalue weighted by molar-refractivity contribution is 5.95. The third-order valence-corrected chi connectivity index (χ3v) is 5.35. The number of rotatable bonds is 3. The van der Waals surface area contributed by atoms with E-state index >= 15 is 0 Å². The van der Waals surface area contributed by atoms with Gasteiger partial charge in [0.15, 0.2) is 11.5 Å². The van der Waals surface area contributed by atoms with Crippen LogP contribution in [0.4, 0.5) is 0 Å². The number of benzene rings is 1. The highest BCUT2D eigenvalue weighted by atomic mass is 16.6. The number of carbonyl (C=O) groups excluding carboxylic acids is 1. The van der Waals surface area contributed by atoms with Gasteiger partial charge in [-0.15, -0.1) is 0 Å². The molecule has 0 radical (unpaired) electrons. The summed E-state index contributed by atoms with van der Waals surface area (Å²) in [5.41, 5.74) is 0.652. The molecule has 124 valence electrons. The van der Waals surface area contributed by atoms with E-state index in [2.05, 4.69) is 17.1 Å². The van der Waals surface area contributed by atoms with Crippen LogP contribution in [0.3, 0.4) is 0 Å². The summed E-state index contributed by atoms with van der Waals surface area (Å²) in [6.07, 6.45) is 3.42. The van der Waals surface area contributed by atoms with Crippen LogP contribution in [0.2, 0.25) is 0 Å². The van der Waals surface area contributed by atoms with E-state index in [0.29, 0.717) is 23.8 Å². The largest absolute Gasteiger partial charge is 0.486 e. The predicted octanol–water partition coefficient (Wildman–Crippen LogP) is 2.06. The summed E-state index contributed by atoms with van der Waals surface area (Å²) >= 11 is 0. The highest BCUT2D eigenvalue weighted by Gasteiger charge is 2.35. The van der Waals surface area contributed by atoms with Crippen molar-refractivity contribution in [1.82, 2.24) is 10.2 Å². The molecule has 4 aliphatic heterocycles. The van der Waals surface area contributed by atoms with Crippen molar-refractivity contribution in [3.8, 4) is 11.5 Å². The summed E-state index contributed by atoms with van der Waals surface area (Å²) in [6, 6.07) is 5.76. The van der Waals surface area contributed by atoms with Crippen LogP contribution in [0.15, 0.2) is 18.2 Å². The third kappa shape index (κ3) is 2.90. The molecule has 2 unspecified atom stereocenters. The van der Waals surface area contributed by atoms with E-state index in [-0.39, 0.29) is 18.1 Å². The molecule has 23 heavy (non-hydrogen) atoms. The first-order valence-electron chi connectivity index (χ1n) is 8.69. The van der Waals surface area contributed by atoms with Crippen LogP contribution in [0, 0.1) is 5.92 Å². The number of piperidine rings is 3. The lowest BCUT2D eigenvalue weighted by molar-refractivity contribution is 0.0619. The molecular formula is C18H24N2O3. The van der Waals surface area contributed by atoms with Crippen LogP contribution >= 0.6 is 0 Å². The van der Waals surface area contributed by atoms with E-state index in [1.165, 1.54) is 25.9 Å². The molecule has 3 fully saturated rings. The predicted molar refractivity (Wildman–Crippen MR) is 87.1 cm³/mol. The van der Waals surface area contributed by atoms with E-state index in [4.69, 9.17) is 9.47 Å². The Morgan fingerprint density at radius 3 is 2.83 bits per heavy atom. The Morgan fingerprint density at radius 1 is 1.30 bits per heavy atom.